The maximum absolute atomic E-state index is 12.7. The highest BCUT2D eigenvalue weighted by Gasteiger charge is 2.23. The van der Waals surface area contributed by atoms with Crippen LogP contribution < -0.4 is 10.1 Å². The first-order valence-corrected chi connectivity index (χ1v) is 9.92. The fourth-order valence-corrected chi connectivity index (χ4v) is 3.99. The highest BCUT2D eigenvalue weighted by atomic mass is 32.2. The summed E-state index contributed by atoms with van der Waals surface area (Å²) in [5, 5.41) is 2.67. The van der Waals surface area contributed by atoms with Crippen molar-refractivity contribution in [2.24, 2.45) is 0 Å². The average molecular weight is 380 g/mol. The second-order valence-corrected chi connectivity index (χ2v) is 7.48. The van der Waals surface area contributed by atoms with Crippen molar-refractivity contribution in [1.29, 1.82) is 0 Å². The van der Waals surface area contributed by atoms with Crippen molar-refractivity contribution in [1.82, 2.24) is 4.31 Å². The van der Waals surface area contributed by atoms with Crippen molar-refractivity contribution in [2.45, 2.75) is 32.6 Å². The Bertz CT molecular complexity index is 869. The van der Waals surface area contributed by atoms with E-state index in [0.717, 1.165) is 0 Å². The largest absolute Gasteiger partial charge is 0.492 e. The Morgan fingerprint density at radius 1 is 1.15 bits per heavy atom. The van der Waals surface area contributed by atoms with E-state index in [1.165, 1.54) is 16.4 Å². The molecule has 0 radical (unpaired) electrons. The molecule has 7 nitrogen and oxygen atoms in total. The van der Waals surface area contributed by atoms with E-state index < -0.39 is 15.9 Å². The highest BCUT2D eigenvalue weighted by molar-refractivity contribution is 7.89. The second kappa shape index (κ2) is 8.37. The quantitative estimate of drug-likeness (QED) is 0.759. The van der Waals surface area contributed by atoms with E-state index in [4.69, 9.17) is 9.15 Å². The summed E-state index contributed by atoms with van der Waals surface area (Å²) in [5.74, 6) is 0.666. The molecule has 2 rings (SSSR count). The molecule has 0 aliphatic carbocycles. The summed E-state index contributed by atoms with van der Waals surface area (Å²) in [6.45, 7) is 8.19. The van der Waals surface area contributed by atoms with Gasteiger partial charge in [0.05, 0.1) is 17.2 Å². The summed E-state index contributed by atoms with van der Waals surface area (Å²) in [7, 11) is -3.65. The lowest BCUT2D eigenvalue weighted by Gasteiger charge is -2.19. The Morgan fingerprint density at radius 3 is 2.38 bits per heavy atom. The fourth-order valence-electron chi connectivity index (χ4n) is 2.50. The zero-order chi connectivity index (χ0) is 19.3. The van der Waals surface area contributed by atoms with Crippen LogP contribution in [-0.2, 0) is 10.0 Å². The van der Waals surface area contributed by atoms with Crippen LogP contribution in [0.1, 0.15) is 37.1 Å². The fraction of sp³-hybridized carbons (Fsp3) is 0.389. The Labute approximate surface area is 154 Å². The molecule has 142 valence electrons. The summed E-state index contributed by atoms with van der Waals surface area (Å²) in [6, 6.07) is 7.67. The number of amides is 1. The van der Waals surface area contributed by atoms with Crippen molar-refractivity contribution < 1.29 is 22.4 Å². The van der Waals surface area contributed by atoms with Gasteiger partial charge in [-0.3, -0.25) is 4.79 Å². The predicted octanol–water partition coefficient (Wildman–Crippen LogP) is 3.27. The number of benzene rings is 1. The van der Waals surface area contributed by atoms with Crippen molar-refractivity contribution in [2.75, 3.05) is 25.0 Å². The monoisotopic (exact) mass is 380 g/mol. The van der Waals surface area contributed by atoms with Crippen LogP contribution in [-0.4, -0.2) is 38.3 Å². The number of anilines is 1. The van der Waals surface area contributed by atoms with Gasteiger partial charge in [-0.1, -0.05) is 13.8 Å². The summed E-state index contributed by atoms with van der Waals surface area (Å²) >= 11 is 0. The van der Waals surface area contributed by atoms with Gasteiger partial charge in [-0.2, -0.15) is 4.31 Å². The van der Waals surface area contributed by atoms with Crippen molar-refractivity contribution in [3.8, 4) is 5.75 Å². The maximum atomic E-state index is 12.7. The Morgan fingerprint density at radius 2 is 1.85 bits per heavy atom. The van der Waals surface area contributed by atoms with Gasteiger partial charge in [-0.05, 0) is 44.2 Å². The van der Waals surface area contributed by atoms with E-state index in [9.17, 15) is 13.2 Å². The number of hydrogen-bond donors (Lipinski definition) is 1. The van der Waals surface area contributed by atoms with Crippen molar-refractivity contribution in [3.63, 3.8) is 0 Å². The number of sulfonamides is 1. The molecule has 1 amide bonds. The number of nitrogens with one attached hydrogen (secondary N) is 1. The molecule has 1 N–H and O–H groups in total. The molecule has 0 unspecified atom stereocenters. The molecule has 0 atom stereocenters. The minimum Gasteiger partial charge on any atom is -0.492 e. The minimum absolute atomic E-state index is 0.0931. The van der Waals surface area contributed by atoms with Gasteiger partial charge in [-0.15, -0.1) is 0 Å². The Hall–Kier alpha value is -2.32. The van der Waals surface area contributed by atoms with E-state index >= 15 is 0 Å². The molecule has 0 bridgehead atoms. The first kappa shape index (κ1) is 20.0. The topological polar surface area (TPSA) is 88.9 Å². The number of carbonyl (C=O) groups is 1. The summed E-state index contributed by atoms with van der Waals surface area (Å²) in [6.07, 6.45) is 0. The molecule has 1 heterocycles. The summed E-state index contributed by atoms with van der Waals surface area (Å²) in [4.78, 5) is 12.5. The number of hydrogen-bond acceptors (Lipinski definition) is 5. The lowest BCUT2D eigenvalue weighted by Crippen LogP contribution is -2.30. The number of ether oxygens (including phenoxy) is 1. The number of rotatable bonds is 8. The van der Waals surface area contributed by atoms with Gasteiger partial charge in [0.1, 0.15) is 11.5 Å². The van der Waals surface area contributed by atoms with Crippen LogP contribution in [0.3, 0.4) is 0 Å². The van der Waals surface area contributed by atoms with Crippen LogP contribution in [0.5, 0.6) is 5.75 Å². The number of nitrogens with zero attached hydrogens (tertiary/aromatic N) is 1. The Kier molecular flexibility index (Phi) is 6.44. The third kappa shape index (κ3) is 4.25. The van der Waals surface area contributed by atoms with Crippen LogP contribution in [0.4, 0.5) is 5.69 Å². The lowest BCUT2D eigenvalue weighted by atomic mass is 10.2. The van der Waals surface area contributed by atoms with E-state index in [-0.39, 0.29) is 16.3 Å². The summed E-state index contributed by atoms with van der Waals surface area (Å²) in [5.41, 5.74) is 0.277. The zero-order valence-corrected chi connectivity index (χ0v) is 16.2. The molecule has 0 aliphatic rings. The molecular formula is C18H24N2O5S. The first-order chi connectivity index (χ1) is 12.3. The molecule has 26 heavy (non-hydrogen) atoms. The van der Waals surface area contributed by atoms with Crippen LogP contribution in [0.15, 0.2) is 39.6 Å². The van der Waals surface area contributed by atoms with Crippen LogP contribution >= 0.6 is 0 Å². The van der Waals surface area contributed by atoms with Gasteiger partial charge >= 0.3 is 0 Å². The minimum atomic E-state index is -3.65. The van der Waals surface area contributed by atoms with Crippen LogP contribution in [0, 0.1) is 6.92 Å². The van der Waals surface area contributed by atoms with E-state index in [1.54, 1.807) is 39.0 Å². The molecule has 0 spiro atoms. The van der Waals surface area contributed by atoms with E-state index in [1.807, 2.05) is 6.92 Å². The van der Waals surface area contributed by atoms with Gasteiger partial charge in [0.15, 0.2) is 5.76 Å². The van der Waals surface area contributed by atoms with Gasteiger partial charge in [0.2, 0.25) is 10.0 Å². The molecule has 2 aromatic rings. The van der Waals surface area contributed by atoms with E-state index in [0.29, 0.717) is 31.2 Å². The van der Waals surface area contributed by atoms with Crippen LogP contribution in [0.2, 0.25) is 0 Å². The lowest BCUT2D eigenvalue weighted by molar-refractivity contribution is 0.0995. The van der Waals surface area contributed by atoms with Gasteiger partial charge in [0, 0.05) is 13.1 Å². The SMILES string of the molecule is CCOc1ccc(S(=O)(=O)N(CC)CC)cc1NC(=O)c1ccc(C)o1. The highest BCUT2D eigenvalue weighted by Crippen LogP contribution is 2.30. The van der Waals surface area contributed by atoms with Gasteiger partial charge in [-0.25, -0.2) is 8.42 Å². The van der Waals surface area contributed by atoms with E-state index in [2.05, 4.69) is 5.32 Å². The zero-order valence-electron chi connectivity index (χ0n) is 15.4. The normalized spacial score (nSPS) is 11.6. The molecule has 1 aromatic heterocycles. The summed E-state index contributed by atoms with van der Waals surface area (Å²) < 4.78 is 37.6. The molecule has 0 saturated heterocycles. The van der Waals surface area contributed by atoms with Gasteiger partial charge in [0.25, 0.3) is 5.91 Å². The molecule has 0 fully saturated rings. The van der Waals surface area contributed by atoms with Crippen molar-refractivity contribution >= 4 is 21.6 Å². The third-order valence-electron chi connectivity index (χ3n) is 3.81. The molecule has 0 saturated carbocycles. The standard InChI is InChI=1S/C18H24N2O5S/c1-5-20(6-2)26(22,23)14-9-11-16(24-7-3)15(12-14)19-18(21)17-10-8-13(4)25-17/h8-12H,5-7H2,1-4H3,(H,19,21). The van der Waals surface area contributed by atoms with Gasteiger partial charge < -0.3 is 14.5 Å². The number of carbonyl (C=O) groups excluding carboxylic acids is 1. The smallest absolute Gasteiger partial charge is 0.291 e. The average Bonchev–Trinajstić information content (AvgIpc) is 3.04. The van der Waals surface area contributed by atoms with Crippen molar-refractivity contribution in [3.05, 3.63) is 41.9 Å². The first-order valence-electron chi connectivity index (χ1n) is 8.48. The predicted molar refractivity (Wildman–Crippen MR) is 99.1 cm³/mol. The molecule has 0 aliphatic heterocycles. The molecule has 8 heteroatoms. The maximum Gasteiger partial charge on any atom is 0.291 e. The molecule has 1 aromatic carbocycles. The Balaban J connectivity index is 2.41. The third-order valence-corrected chi connectivity index (χ3v) is 5.85. The second-order valence-electron chi connectivity index (χ2n) is 5.54. The van der Waals surface area contributed by atoms with Crippen LogP contribution in [0.25, 0.3) is 0 Å². The number of aryl methyl sites for hydroxylation is 1. The molecular weight excluding hydrogens is 356 g/mol. The number of furan rings is 1.